The molecule has 0 aliphatic rings. The van der Waals surface area contributed by atoms with Crippen LogP contribution < -0.4 is 10.6 Å². The third kappa shape index (κ3) is 6.81. The van der Waals surface area contributed by atoms with Crippen molar-refractivity contribution >= 4 is 11.9 Å². The minimum atomic E-state index is -0.121. The van der Waals surface area contributed by atoms with Gasteiger partial charge in [0, 0.05) is 25.7 Å². The van der Waals surface area contributed by atoms with E-state index < -0.39 is 0 Å². The summed E-state index contributed by atoms with van der Waals surface area (Å²) >= 11 is 0. The van der Waals surface area contributed by atoms with E-state index in [1.54, 1.807) is 12.3 Å². The number of amides is 1. The number of benzene rings is 1. The van der Waals surface area contributed by atoms with Crippen LogP contribution in [-0.2, 0) is 13.1 Å². The lowest BCUT2D eigenvalue weighted by molar-refractivity contribution is 0.0948. The minimum absolute atomic E-state index is 0.121. The van der Waals surface area contributed by atoms with Crippen LogP contribution in [0, 0.1) is 0 Å². The fourth-order valence-electron chi connectivity index (χ4n) is 2.63. The molecule has 1 aromatic carbocycles. The number of nitrogens with one attached hydrogen (secondary N) is 2. The van der Waals surface area contributed by atoms with Crippen molar-refractivity contribution < 1.29 is 9.21 Å². The number of furan rings is 1. The highest BCUT2D eigenvalue weighted by Gasteiger charge is 2.08. The van der Waals surface area contributed by atoms with Crippen LogP contribution in [0.1, 0.15) is 48.4 Å². The maximum Gasteiger partial charge on any atom is 0.251 e. The average Bonchev–Trinajstić information content (AvgIpc) is 3.21. The van der Waals surface area contributed by atoms with E-state index in [1.165, 1.54) is 0 Å². The van der Waals surface area contributed by atoms with Gasteiger partial charge in [-0.1, -0.05) is 25.5 Å². The number of unbranched alkanes of at least 4 members (excludes halogenated alkanes) is 1. The second kappa shape index (κ2) is 11.1. The van der Waals surface area contributed by atoms with Crippen LogP contribution in [0.2, 0.25) is 0 Å². The second-order valence-corrected chi connectivity index (χ2v) is 6.41. The van der Waals surface area contributed by atoms with E-state index in [0.717, 1.165) is 43.2 Å². The van der Waals surface area contributed by atoms with Crippen molar-refractivity contribution in [3.05, 3.63) is 59.5 Å². The standard InChI is InChI=1S/C21H30N4O2/c1-4-6-12-25(3)21(22-5-2)24-15-17-9-7-10-18(14-17)20(26)23-16-19-11-8-13-27-19/h7-11,13-14H,4-6,12,15-16H2,1-3H3,(H,22,24)(H,23,26). The van der Waals surface area contributed by atoms with Crippen LogP contribution in [-0.4, -0.2) is 36.9 Å². The van der Waals surface area contributed by atoms with Crippen molar-refractivity contribution in [1.82, 2.24) is 15.5 Å². The molecule has 1 heterocycles. The van der Waals surface area contributed by atoms with E-state index >= 15 is 0 Å². The molecule has 0 fully saturated rings. The van der Waals surface area contributed by atoms with Crippen molar-refractivity contribution in [2.75, 3.05) is 20.1 Å². The number of carbonyl (C=O) groups excluding carboxylic acids is 1. The first-order valence-electron chi connectivity index (χ1n) is 9.53. The number of rotatable bonds is 9. The van der Waals surface area contributed by atoms with Gasteiger partial charge in [-0.25, -0.2) is 4.99 Å². The van der Waals surface area contributed by atoms with Crippen molar-refractivity contribution in [3.8, 4) is 0 Å². The smallest absolute Gasteiger partial charge is 0.251 e. The van der Waals surface area contributed by atoms with Crippen molar-refractivity contribution in [2.24, 2.45) is 4.99 Å². The lowest BCUT2D eigenvalue weighted by Crippen LogP contribution is -2.39. The Kier molecular flexibility index (Phi) is 8.42. The number of aliphatic imine (C=N–C) groups is 1. The molecule has 1 aromatic heterocycles. The predicted molar refractivity (Wildman–Crippen MR) is 109 cm³/mol. The summed E-state index contributed by atoms with van der Waals surface area (Å²) in [5.74, 6) is 1.50. The quantitative estimate of drug-likeness (QED) is 0.524. The summed E-state index contributed by atoms with van der Waals surface area (Å²) < 4.78 is 5.24. The molecule has 27 heavy (non-hydrogen) atoms. The first-order chi connectivity index (χ1) is 13.1. The van der Waals surface area contributed by atoms with Crippen molar-refractivity contribution in [2.45, 2.75) is 39.8 Å². The number of guanidine groups is 1. The minimum Gasteiger partial charge on any atom is -0.467 e. The van der Waals surface area contributed by atoms with Crippen LogP contribution in [0.5, 0.6) is 0 Å². The normalized spacial score (nSPS) is 11.3. The molecule has 0 atom stereocenters. The zero-order valence-corrected chi connectivity index (χ0v) is 16.5. The van der Waals surface area contributed by atoms with Crippen LogP contribution in [0.25, 0.3) is 0 Å². The van der Waals surface area contributed by atoms with Gasteiger partial charge in [0.25, 0.3) is 5.91 Å². The Bertz CT molecular complexity index is 726. The van der Waals surface area contributed by atoms with Crippen LogP contribution in [0.15, 0.2) is 52.1 Å². The largest absolute Gasteiger partial charge is 0.467 e. The highest BCUT2D eigenvalue weighted by atomic mass is 16.3. The Morgan fingerprint density at radius 1 is 1.19 bits per heavy atom. The van der Waals surface area contributed by atoms with E-state index in [2.05, 4.69) is 36.4 Å². The molecule has 1 amide bonds. The lowest BCUT2D eigenvalue weighted by Gasteiger charge is -2.21. The molecule has 0 unspecified atom stereocenters. The summed E-state index contributed by atoms with van der Waals surface area (Å²) in [4.78, 5) is 19.2. The molecule has 0 saturated heterocycles. The molecule has 0 saturated carbocycles. The molecule has 6 nitrogen and oxygen atoms in total. The Hall–Kier alpha value is -2.76. The summed E-state index contributed by atoms with van der Waals surface area (Å²) in [6.45, 7) is 6.94. The zero-order valence-electron chi connectivity index (χ0n) is 16.5. The first kappa shape index (κ1) is 20.6. The number of carbonyl (C=O) groups is 1. The molecule has 0 radical (unpaired) electrons. The molecule has 0 spiro atoms. The summed E-state index contributed by atoms with van der Waals surface area (Å²) in [6.07, 6.45) is 3.88. The van der Waals surface area contributed by atoms with Gasteiger partial charge in [-0.05, 0) is 43.2 Å². The van der Waals surface area contributed by atoms with Gasteiger partial charge < -0.3 is 20.0 Å². The zero-order chi connectivity index (χ0) is 19.5. The Balaban J connectivity index is 1.99. The summed E-state index contributed by atoms with van der Waals surface area (Å²) in [6, 6.07) is 11.2. The van der Waals surface area contributed by atoms with E-state index in [1.807, 2.05) is 30.3 Å². The highest BCUT2D eigenvalue weighted by Crippen LogP contribution is 2.08. The molecular weight excluding hydrogens is 340 g/mol. The number of hydrogen-bond donors (Lipinski definition) is 2. The number of nitrogens with zero attached hydrogens (tertiary/aromatic N) is 2. The maximum atomic E-state index is 12.4. The van der Waals surface area contributed by atoms with Crippen LogP contribution >= 0.6 is 0 Å². The van der Waals surface area contributed by atoms with Crippen molar-refractivity contribution in [3.63, 3.8) is 0 Å². The highest BCUT2D eigenvalue weighted by molar-refractivity contribution is 5.94. The third-order valence-electron chi connectivity index (χ3n) is 4.15. The topological polar surface area (TPSA) is 69.9 Å². The molecule has 2 N–H and O–H groups in total. The van der Waals surface area contributed by atoms with Gasteiger partial charge in [-0.15, -0.1) is 0 Å². The molecule has 2 aromatic rings. The Morgan fingerprint density at radius 3 is 2.74 bits per heavy atom. The van der Waals surface area contributed by atoms with Gasteiger partial charge in [0.1, 0.15) is 5.76 Å². The molecule has 0 aliphatic heterocycles. The van der Waals surface area contributed by atoms with Gasteiger partial charge in [0.05, 0.1) is 19.4 Å². The molecule has 0 bridgehead atoms. The number of hydrogen-bond acceptors (Lipinski definition) is 3. The van der Waals surface area contributed by atoms with Gasteiger partial charge in [0.2, 0.25) is 0 Å². The SMILES string of the molecule is CCCCN(C)C(=NCc1cccc(C(=O)NCc2ccco2)c1)NCC. The molecular formula is C21H30N4O2. The van der Waals surface area contributed by atoms with Crippen LogP contribution in [0.3, 0.4) is 0 Å². The van der Waals surface area contributed by atoms with E-state index in [9.17, 15) is 4.79 Å². The molecule has 2 rings (SSSR count). The fraction of sp³-hybridized carbons (Fsp3) is 0.429. The lowest BCUT2D eigenvalue weighted by atomic mass is 10.1. The fourth-order valence-corrected chi connectivity index (χ4v) is 2.63. The van der Waals surface area contributed by atoms with E-state index in [-0.39, 0.29) is 5.91 Å². The summed E-state index contributed by atoms with van der Waals surface area (Å²) in [7, 11) is 2.05. The monoisotopic (exact) mass is 370 g/mol. The van der Waals surface area contributed by atoms with Crippen LogP contribution in [0.4, 0.5) is 0 Å². The third-order valence-corrected chi connectivity index (χ3v) is 4.15. The van der Waals surface area contributed by atoms with Gasteiger partial charge in [-0.2, -0.15) is 0 Å². The molecule has 6 heteroatoms. The van der Waals surface area contributed by atoms with Crippen molar-refractivity contribution in [1.29, 1.82) is 0 Å². The van der Waals surface area contributed by atoms with E-state index in [4.69, 9.17) is 9.41 Å². The first-order valence-corrected chi connectivity index (χ1v) is 9.53. The second-order valence-electron chi connectivity index (χ2n) is 6.41. The van der Waals surface area contributed by atoms with Gasteiger partial charge in [-0.3, -0.25) is 4.79 Å². The Morgan fingerprint density at radius 2 is 2.04 bits per heavy atom. The van der Waals surface area contributed by atoms with E-state index in [0.29, 0.717) is 18.7 Å². The summed E-state index contributed by atoms with van der Waals surface area (Å²) in [5, 5.41) is 6.19. The average molecular weight is 370 g/mol. The molecule has 146 valence electrons. The Labute approximate surface area is 161 Å². The van der Waals surface area contributed by atoms with Gasteiger partial charge >= 0.3 is 0 Å². The maximum absolute atomic E-state index is 12.4. The summed E-state index contributed by atoms with van der Waals surface area (Å²) in [5.41, 5.74) is 1.62. The van der Waals surface area contributed by atoms with Gasteiger partial charge in [0.15, 0.2) is 5.96 Å². The predicted octanol–water partition coefficient (Wildman–Crippen LogP) is 3.41. The molecule has 0 aliphatic carbocycles.